The number of rotatable bonds is 4. The minimum absolute atomic E-state index is 0.342. The van der Waals surface area contributed by atoms with Crippen LogP contribution in [0.5, 0.6) is 5.88 Å². The van der Waals surface area contributed by atoms with Crippen molar-refractivity contribution in [1.82, 2.24) is 9.88 Å². The minimum atomic E-state index is -0.884. The number of carboxylic acids is 1. The van der Waals surface area contributed by atoms with Gasteiger partial charge in [-0.25, -0.2) is 9.78 Å². The molecule has 0 spiro atoms. The number of carboxylic acid groups (broad SMARTS) is 1. The number of aromatic nitrogens is 1. The zero-order valence-corrected chi connectivity index (χ0v) is 11.7. The molecule has 0 bridgehead atoms. The predicted molar refractivity (Wildman–Crippen MR) is 77.1 cm³/mol. The van der Waals surface area contributed by atoms with E-state index < -0.39 is 5.97 Å². The molecule has 2 heterocycles. The third-order valence-corrected chi connectivity index (χ3v) is 3.68. The van der Waals surface area contributed by atoms with Crippen LogP contribution in [0.2, 0.25) is 0 Å². The van der Waals surface area contributed by atoms with Gasteiger partial charge < -0.3 is 9.84 Å². The summed E-state index contributed by atoms with van der Waals surface area (Å²) in [6, 6.07) is 9.22. The van der Waals surface area contributed by atoms with Gasteiger partial charge in [0.2, 0.25) is 5.88 Å². The first kappa shape index (κ1) is 13.6. The van der Waals surface area contributed by atoms with E-state index in [-0.39, 0.29) is 0 Å². The highest BCUT2D eigenvalue weighted by Gasteiger charge is 2.21. The molecule has 1 N–H and O–H groups in total. The third-order valence-electron chi connectivity index (χ3n) is 3.68. The van der Waals surface area contributed by atoms with Crippen LogP contribution in [-0.2, 0) is 19.6 Å². The lowest BCUT2D eigenvalue weighted by Gasteiger charge is -2.16. The summed E-state index contributed by atoms with van der Waals surface area (Å²) < 4.78 is 5.27. The van der Waals surface area contributed by atoms with E-state index in [2.05, 4.69) is 9.88 Å². The fourth-order valence-corrected chi connectivity index (χ4v) is 2.68. The fourth-order valence-electron chi connectivity index (χ4n) is 2.68. The molecule has 1 aliphatic heterocycles. The third kappa shape index (κ3) is 2.73. The fraction of sp³-hybridized carbons (Fsp3) is 0.250. The smallest absolute Gasteiger partial charge is 0.335 e. The van der Waals surface area contributed by atoms with Crippen molar-refractivity contribution in [2.75, 3.05) is 7.11 Å². The molecule has 1 aromatic carbocycles. The summed E-state index contributed by atoms with van der Waals surface area (Å²) >= 11 is 0. The number of hydrogen-bond donors (Lipinski definition) is 1. The normalized spacial score (nSPS) is 14.0. The van der Waals surface area contributed by atoms with Gasteiger partial charge in [0.15, 0.2) is 0 Å². The molecule has 2 aromatic rings. The Morgan fingerprint density at radius 1 is 1.33 bits per heavy atom. The van der Waals surface area contributed by atoms with Gasteiger partial charge in [-0.15, -0.1) is 0 Å². The van der Waals surface area contributed by atoms with Gasteiger partial charge in [0.05, 0.1) is 12.7 Å². The van der Waals surface area contributed by atoms with Crippen molar-refractivity contribution in [1.29, 1.82) is 0 Å². The summed E-state index contributed by atoms with van der Waals surface area (Å²) in [5, 5.41) is 9.05. The van der Waals surface area contributed by atoms with Crippen LogP contribution < -0.4 is 4.74 Å². The van der Waals surface area contributed by atoms with Gasteiger partial charge in [0, 0.05) is 31.4 Å². The zero-order valence-electron chi connectivity index (χ0n) is 11.7. The first-order valence-corrected chi connectivity index (χ1v) is 6.72. The van der Waals surface area contributed by atoms with Crippen LogP contribution in [-0.4, -0.2) is 28.1 Å². The van der Waals surface area contributed by atoms with Crippen molar-refractivity contribution in [3.05, 3.63) is 58.8 Å². The monoisotopic (exact) mass is 284 g/mol. The Balaban J connectivity index is 1.77. The van der Waals surface area contributed by atoms with E-state index in [9.17, 15) is 4.79 Å². The Kier molecular flexibility index (Phi) is 3.58. The van der Waals surface area contributed by atoms with Crippen LogP contribution in [0.1, 0.15) is 27.0 Å². The predicted octanol–water partition coefficient (Wildman–Crippen LogP) is 2.30. The number of nitrogens with zero attached hydrogens (tertiary/aromatic N) is 2. The van der Waals surface area contributed by atoms with Crippen LogP contribution in [0.4, 0.5) is 0 Å². The number of fused-ring (bicyclic) bond motifs is 1. The molecule has 0 unspecified atom stereocenters. The van der Waals surface area contributed by atoms with Crippen molar-refractivity contribution >= 4 is 5.97 Å². The van der Waals surface area contributed by atoms with Crippen LogP contribution in [0.25, 0.3) is 0 Å². The van der Waals surface area contributed by atoms with E-state index in [1.807, 2.05) is 18.2 Å². The molecular formula is C16H16N2O3. The lowest BCUT2D eigenvalue weighted by molar-refractivity contribution is 0.0696. The van der Waals surface area contributed by atoms with Gasteiger partial charge in [-0.3, -0.25) is 4.90 Å². The van der Waals surface area contributed by atoms with Crippen molar-refractivity contribution in [3.8, 4) is 5.88 Å². The topological polar surface area (TPSA) is 62.7 Å². The number of hydrogen-bond acceptors (Lipinski definition) is 4. The Morgan fingerprint density at radius 3 is 2.90 bits per heavy atom. The van der Waals surface area contributed by atoms with Gasteiger partial charge in [0.25, 0.3) is 0 Å². The average molecular weight is 284 g/mol. The highest BCUT2D eigenvalue weighted by atomic mass is 16.5. The van der Waals surface area contributed by atoms with Crippen LogP contribution in [0.15, 0.2) is 36.5 Å². The molecule has 0 radical (unpaired) electrons. The maximum absolute atomic E-state index is 11.0. The Bertz CT molecular complexity index is 685. The van der Waals surface area contributed by atoms with Crippen molar-refractivity contribution < 1.29 is 14.6 Å². The molecule has 3 rings (SSSR count). The van der Waals surface area contributed by atoms with Crippen LogP contribution in [0, 0.1) is 0 Å². The first-order chi connectivity index (χ1) is 10.2. The molecule has 21 heavy (non-hydrogen) atoms. The van der Waals surface area contributed by atoms with Gasteiger partial charge in [-0.1, -0.05) is 12.1 Å². The van der Waals surface area contributed by atoms with E-state index in [1.165, 1.54) is 5.56 Å². The SMILES string of the molecule is COc1ncccc1CN1Cc2ccc(C(=O)O)cc2C1. The van der Waals surface area contributed by atoms with E-state index >= 15 is 0 Å². The van der Waals surface area contributed by atoms with E-state index in [0.717, 1.165) is 30.8 Å². The van der Waals surface area contributed by atoms with Crippen LogP contribution >= 0.6 is 0 Å². The number of aromatic carboxylic acids is 1. The van der Waals surface area contributed by atoms with E-state index in [1.54, 1.807) is 25.4 Å². The molecule has 0 fully saturated rings. The molecule has 0 saturated carbocycles. The van der Waals surface area contributed by atoms with Crippen molar-refractivity contribution in [2.24, 2.45) is 0 Å². The molecule has 1 aliphatic rings. The zero-order chi connectivity index (χ0) is 14.8. The molecular weight excluding hydrogens is 268 g/mol. The van der Waals surface area contributed by atoms with Crippen molar-refractivity contribution in [2.45, 2.75) is 19.6 Å². The summed E-state index contributed by atoms with van der Waals surface area (Å²) in [6.45, 7) is 2.29. The maximum Gasteiger partial charge on any atom is 0.335 e. The van der Waals surface area contributed by atoms with Crippen LogP contribution in [0.3, 0.4) is 0 Å². The van der Waals surface area contributed by atoms with Gasteiger partial charge in [-0.05, 0) is 29.3 Å². The minimum Gasteiger partial charge on any atom is -0.481 e. The molecule has 0 amide bonds. The Hall–Kier alpha value is -2.40. The number of benzene rings is 1. The molecule has 5 nitrogen and oxygen atoms in total. The average Bonchev–Trinajstić information content (AvgIpc) is 2.89. The molecule has 108 valence electrons. The summed E-state index contributed by atoms with van der Waals surface area (Å²) in [6.07, 6.45) is 1.71. The molecule has 0 saturated heterocycles. The molecule has 0 atom stereocenters. The number of methoxy groups -OCH3 is 1. The van der Waals surface area contributed by atoms with Crippen molar-refractivity contribution in [3.63, 3.8) is 0 Å². The van der Waals surface area contributed by atoms with Gasteiger partial charge in [0.1, 0.15) is 0 Å². The first-order valence-electron chi connectivity index (χ1n) is 6.72. The lowest BCUT2D eigenvalue weighted by atomic mass is 10.1. The van der Waals surface area contributed by atoms with Gasteiger partial charge in [-0.2, -0.15) is 0 Å². The highest BCUT2D eigenvalue weighted by molar-refractivity contribution is 5.87. The Morgan fingerprint density at radius 2 is 2.14 bits per heavy atom. The molecule has 0 aliphatic carbocycles. The summed E-state index contributed by atoms with van der Waals surface area (Å²) in [7, 11) is 1.61. The summed E-state index contributed by atoms with van der Waals surface area (Å²) in [4.78, 5) is 17.5. The Labute approximate surface area is 122 Å². The largest absolute Gasteiger partial charge is 0.481 e. The summed E-state index contributed by atoms with van der Waals surface area (Å²) in [5.41, 5.74) is 3.64. The number of ether oxygens (including phenoxy) is 1. The van der Waals surface area contributed by atoms with Gasteiger partial charge >= 0.3 is 5.97 Å². The summed E-state index contributed by atoms with van der Waals surface area (Å²) in [5.74, 6) is -0.246. The molecule has 5 heteroatoms. The second-order valence-electron chi connectivity index (χ2n) is 5.11. The van der Waals surface area contributed by atoms with E-state index in [0.29, 0.717) is 11.4 Å². The number of pyridine rings is 1. The quantitative estimate of drug-likeness (QED) is 0.933. The molecule has 1 aromatic heterocycles. The number of carbonyl (C=O) groups is 1. The maximum atomic E-state index is 11.0. The lowest BCUT2D eigenvalue weighted by Crippen LogP contribution is -2.16. The standard InChI is InChI=1S/C16H16N2O3/c1-21-15-13(3-2-6-17-15)9-18-8-12-5-4-11(16(19)20)7-14(12)10-18/h2-7H,8-10H2,1H3,(H,19,20). The highest BCUT2D eigenvalue weighted by Crippen LogP contribution is 2.27. The second kappa shape index (κ2) is 5.54. The van der Waals surface area contributed by atoms with E-state index in [4.69, 9.17) is 9.84 Å². The second-order valence-corrected chi connectivity index (χ2v) is 5.11.